The minimum Gasteiger partial charge on any atom is -0.370 e. The van der Waals surface area contributed by atoms with Crippen LogP contribution in [-0.4, -0.2) is 49.5 Å². The monoisotopic (exact) mass is 413 g/mol. The molecular weight excluding hydrogens is 389 g/mol. The summed E-state index contributed by atoms with van der Waals surface area (Å²) in [5, 5.41) is 2.88. The number of halogens is 1. The third kappa shape index (κ3) is 5.35. The molecule has 2 amide bonds. The normalized spacial score (nSPS) is 18.9. The maximum absolute atomic E-state index is 13.6. The number of sulfonamides is 1. The van der Waals surface area contributed by atoms with Gasteiger partial charge in [0.2, 0.25) is 11.8 Å². The highest BCUT2D eigenvalue weighted by molar-refractivity contribution is 7.89. The lowest BCUT2D eigenvalue weighted by molar-refractivity contribution is -0.134. The van der Waals surface area contributed by atoms with Gasteiger partial charge in [0.05, 0.1) is 11.4 Å². The first kappa shape index (κ1) is 22.0. The van der Waals surface area contributed by atoms with Crippen LogP contribution in [0.1, 0.15) is 32.6 Å². The first-order valence-electron chi connectivity index (χ1n) is 8.97. The highest BCUT2D eigenvalue weighted by Gasteiger charge is 2.40. The van der Waals surface area contributed by atoms with E-state index in [1.807, 2.05) is 0 Å². The van der Waals surface area contributed by atoms with Crippen molar-refractivity contribution in [2.45, 2.75) is 43.5 Å². The third-order valence-corrected chi connectivity index (χ3v) is 6.28. The van der Waals surface area contributed by atoms with Gasteiger partial charge >= 0.3 is 0 Å². The Labute approximate surface area is 163 Å². The standard InChI is InChI=1S/C18H24FN3O5S/c1-12(8-17(20)24)9-18(25)22(15-6-3-7-21-11-16(15)23)28(26,27)14-5-2-4-13(19)10-14/h2,4-5,10,12,15,21H,3,6-9,11H2,1H3,(H2,20,24)/t12-,15?/m0/s1. The molecular formula is C18H24FN3O5S. The quantitative estimate of drug-likeness (QED) is 0.673. The number of carbonyl (C=O) groups excluding carboxylic acids is 3. The Morgan fingerprint density at radius 2 is 2.07 bits per heavy atom. The molecule has 3 N–H and O–H groups in total. The average Bonchev–Trinajstić information content (AvgIpc) is 2.79. The van der Waals surface area contributed by atoms with Gasteiger partial charge in [-0.05, 0) is 43.5 Å². The van der Waals surface area contributed by atoms with Crippen molar-refractivity contribution in [1.82, 2.24) is 9.62 Å². The van der Waals surface area contributed by atoms with E-state index in [1.165, 1.54) is 12.1 Å². The van der Waals surface area contributed by atoms with Crippen LogP contribution in [0.4, 0.5) is 4.39 Å². The van der Waals surface area contributed by atoms with Gasteiger partial charge in [0.1, 0.15) is 11.9 Å². The van der Waals surface area contributed by atoms with Crippen LogP contribution in [0.5, 0.6) is 0 Å². The molecule has 2 rings (SSSR count). The van der Waals surface area contributed by atoms with Crippen molar-refractivity contribution in [2.24, 2.45) is 11.7 Å². The van der Waals surface area contributed by atoms with Crippen molar-refractivity contribution in [3.8, 4) is 0 Å². The van der Waals surface area contributed by atoms with Gasteiger partial charge in [0, 0.05) is 12.8 Å². The number of rotatable bonds is 7. The van der Waals surface area contributed by atoms with E-state index in [1.54, 1.807) is 6.92 Å². The molecule has 1 aliphatic heterocycles. The van der Waals surface area contributed by atoms with Crippen molar-refractivity contribution < 1.29 is 27.2 Å². The summed E-state index contributed by atoms with van der Waals surface area (Å²) in [5.41, 5.74) is 5.14. The molecule has 8 nitrogen and oxygen atoms in total. The molecule has 2 atom stereocenters. The van der Waals surface area contributed by atoms with Gasteiger partial charge in [-0.3, -0.25) is 14.4 Å². The fourth-order valence-electron chi connectivity index (χ4n) is 3.18. The molecule has 0 spiro atoms. The van der Waals surface area contributed by atoms with E-state index in [2.05, 4.69) is 5.32 Å². The maximum Gasteiger partial charge on any atom is 0.267 e. The molecule has 1 unspecified atom stereocenters. The van der Waals surface area contributed by atoms with Gasteiger partial charge in [-0.1, -0.05) is 13.0 Å². The van der Waals surface area contributed by atoms with E-state index < -0.39 is 50.3 Å². The summed E-state index contributed by atoms with van der Waals surface area (Å²) in [6, 6.07) is 3.10. The van der Waals surface area contributed by atoms with Gasteiger partial charge in [0.25, 0.3) is 10.0 Å². The molecule has 1 saturated heterocycles. The van der Waals surface area contributed by atoms with Crippen molar-refractivity contribution in [2.75, 3.05) is 13.1 Å². The average molecular weight is 413 g/mol. The second-order valence-electron chi connectivity index (χ2n) is 6.93. The number of nitrogens with zero attached hydrogens (tertiary/aromatic N) is 1. The Kier molecular flexibility index (Phi) is 7.25. The van der Waals surface area contributed by atoms with Crippen molar-refractivity contribution in [1.29, 1.82) is 0 Å². The Morgan fingerprint density at radius 1 is 1.36 bits per heavy atom. The Bertz CT molecular complexity index is 859. The smallest absolute Gasteiger partial charge is 0.267 e. The molecule has 0 aromatic heterocycles. The number of Topliss-reactive ketones (excluding diaryl/α,β-unsaturated/α-hetero) is 1. The third-order valence-electron chi connectivity index (χ3n) is 4.46. The lowest BCUT2D eigenvalue weighted by atomic mass is 10.0. The maximum atomic E-state index is 13.6. The fraction of sp³-hybridized carbons (Fsp3) is 0.500. The lowest BCUT2D eigenvalue weighted by Gasteiger charge is -2.30. The van der Waals surface area contributed by atoms with E-state index in [0.29, 0.717) is 17.3 Å². The molecule has 0 aliphatic carbocycles. The zero-order chi connectivity index (χ0) is 20.9. The summed E-state index contributed by atoms with van der Waals surface area (Å²) in [6.45, 7) is 2.04. The molecule has 0 bridgehead atoms. The minimum atomic E-state index is -4.47. The summed E-state index contributed by atoms with van der Waals surface area (Å²) < 4.78 is 40.5. The second kappa shape index (κ2) is 9.24. The van der Waals surface area contributed by atoms with Crippen LogP contribution in [0.2, 0.25) is 0 Å². The number of primary amides is 1. The summed E-state index contributed by atoms with van der Waals surface area (Å²) in [4.78, 5) is 36.1. The predicted octanol–water partition coefficient (Wildman–Crippen LogP) is 0.566. The number of hydrogen-bond acceptors (Lipinski definition) is 6. The first-order chi connectivity index (χ1) is 13.1. The molecule has 1 aromatic carbocycles. The van der Waals surface area contributed by atoms with E-state index in [9.17, 15) is 27.2 Å². The molecule has 28 heavy (non-hydrogen) atoms. The van der Waals surface area contributed by atoms with Crippen molar-refractivity contribution >= 4 is 27.6 Å². The summed E-state index contributed by atoms with van der Waals surface area (Å²) in [6.07, 6.45) is 0.278. The van der Waals surface area contributed by atoms with Crippen LogP contribution in [0.25, 0.3) is 0 Å². The van der Waals surface area contributed by atoms with E-state index in [4.69, 9.17) is 5.73 Å². The molecule has 1 heterocycles. The van der Waals surface area contributed by atoms with Crippen molar-refractivity contribution in [3.05, 3.63) is 30.1 Å². The zero-order valence-corrected chi connectivity index (χ0v) is 16.4. The molecule has 1 fully saturated rings. The largest absolute Gasteiger partial charge is 0.370 e. The number of benzene rings is 1. The summed E-state index contributed by atoms with van der Waals surface area (Å²) in [5.74, 6) is -3.15. The number of carbonyl (C=O) groups is 3. The van der Waals surface area contributed by atoms with Crippen LogP contribution in [0.15, 0.2) is 29.2 Å². The first-order valence-corrected chi connectivity index (χ1v) is 10.4. The van der Waals surface area contributed by atoms with Gasteiger partial charge < -0.3 is 11.1 Å². The summed E-state index contributed by atoms with van der Waals surface area (Å²) in [7, 11) is -4.47. The van der Waals surface area contributed by atoms with Crippen molar-refractivity contribution in [3.63, 3.8) is 0 Å². The van der Waals surface area contributed by atoms with E-state index in [0.717, 1.165) is 12.1 Å². The molecule has 1 aliphatic rings. The Hall–Kier alpha value is -2.33. The van der Waals surface area contributed by atoms with Crippen LogP contribution >= 0.6 is 0 Å². The van der Waals surface area contributed by atoms with E-state index in [-0.39, 0.29) is 25.8 Å². The topological polar surface area (TPSA) is 127 Å². The molecule has 0 saturated carbocycles. The van der Waals surface area contributed by atoms with Crippen LogP contribution < -0.4 is 11.1 Å². The van der Waals surface area contributed by atoms with E-state index >= 15 is 0 Å². The van der Waals surface area contributed by atoms with Gasteiger partial charge in [-0.2, -0.15) is 0 Å². The number of nitrogens with two attached hydrogens (primary N) is 1. The van der Waals surface area contributed by atoms with Crippen LogP contribution in [-0.2, 0) is 24.4 Å². The molecule has 154 valence electrons. The Balaban J connectivity index is 2.44. The predicted molar refractivity (Wildman–Crippen MR) is 98.9 cm³/mol. The highest BCUT2D eigenvalue weighted by Crippen LogP contribution is 2.25. The van der Waals surface area contributed by atoms with Crippen LogP contribution in [0, 0.1) is 11.7 Å². The van der Waals surface area contributed by atoms with Gasteiger partial charge in [0.15, 0.2) is 5.78 Å². The number of ketones is 1. The zero-order valence-electron chi connectivity index (χ0n) is 15.6. The van der Waals surface area contributed by atoms with Gasteiger partial charge in [-0.15, -0.1) is 0 Å². The number of hydrogen-bond donors (Lipinski definition) is 2. The summed E-state index contributed by atoms with van der Waals surface area (Å²) >= 11 is 0. The number of amides is 2. The molecule has 10 heteroatoms. The second-order valence-corrected chi connectivity index (χ2v) is 8.75. The Morgan fingerprint density at radius 3 is 2.71 bits per heavy atom. The minimum absolute atomic E-state index is 0.0655. The lowest BCUT2D eigenvalue weighted by Crippen LogP contribution is -2.50. The SMILES string of the molecule is C[C@@H](CC(N)=O)CC(=O)N(C1CCCNCC1=O)S(=O)(=O)c1cccc(F)c1. The van der Waals surface area contributed by atoms with Crippen LogP contribution in [0.3, 0.4) is 0 Å². The van der Waals surface area contributed by atoms with Gasteiger partial charge in [-0.25, -0.2) is 17.1 Å². The number of nitrogens with one attached hydrogen (secondary N) is 1. The molecule has 0 radical (unpaired) electrons. The fourth-order valence-corrected chi connectivity index (χ4v) is 4.82. The molecule has 1 aromatic rings. The highest BCUT2D eigenvalue weighted by atomic mass is 32.2.